The molecule has 0 saturated heterocycles. The van der Waals surface area contributed by atoms with Crippen LogP contribution in [0.3, 0.4) is 0 Å². The van der Waals surface area contributed by atoms with Crippen molar-refractivity contribution in [3.63, 3.8) is 0 Å². The molecule has 102 valence electrons. The number of aryl methyl sites for hydroxylation is 1. The van der Waals surface area contributed by atoms with Crippen molar-refractivity contribution in [2.24, 2.45) is 4.99 Å². The second-order valence-corrected chi connectivity index (χ2v) is 3.55. The molecule has 0 aromatic carbocycles. The summed E-state index contributed by atoms with van der Waals surface area (Å²) in [5.74, 6) is 0.841. The quantitative estimate of drug-likeness (QED) is 0.255. The molecule has 0 bridgehead atoms. The molecule has 0 saturated carbocycles. The van der Waals surface area contributed by atoms with E-state index in [0.29, 0.717) is 0 Å². The zero-order valence-electron chi connectivity index (χ0n) is 10.8. The zero-order chi connectivity index (χ0) is 12.3. The summed E-state index contributed by atoms with van der Waals surface area (Å²) in [5, 5.41) is 10.5. The minimum Gasteiger partial charge on any atom is -0.357 e. The molecular formula is C12H22IN5. The molecule has 0 radical (unpaired) electrons. The van der Waals surface area contributed by atoms with Crippen LogP contribution in [0.15, 0.2) is 36.1 Å². The van der Waals surface area contributed by atoms with E-state index in [0.717, 1.165) is 38.6 Å². The maximum atomic E-state index is 4.46. The van der Waals surface area contributed by atoms with Crippen LogP contribution in [0.4, 0.5) is 0 Å². The molecule has 0 atom stereocenters. The molecule has 1 heterocycles. The van der Waals surface area contributed by atoms with E-state index in [1.54, 1.807) is 6.20 Å². The number of hydrogen-bond acceptors (Lipinski definition) is 2. The molecule has 1 aromatic rings. The van der Waals surface area contributed by atoms with Gasteiger partial charge >= 0.3 is 0 Å². The molecule has 0 amide bonds. The molecular weight excluding hydrogens is 341 g/mol. The maximum absolute atomic E-state index is 4.46. The van der Waals surface area contributed by atoms with Crippen LogP contribution < -0.4 is 10.6 Å². The Balaban J connectivity index is 0.00000289. The van der Waals surface area contributed by atoms with Crippen LogP contribution in [0.25, 0.3) is 0 Å². The predicted molar refractivity (Wildman–Crippen MR) is 86.4 cm³/mol. The summed E-state index contributed by atoms with van der Waals surface area (Å²) in [6, 6.07) is 1.93. The first-order chi connectivity index (χ1) is 8.36. The van der Waals surface area contributed by atoms with Gasteiger partial charge in [-0.05, 0) is 19.4 Å². The van der Waals surface area contributed by atoms with Crippen molar-refractivity contribution in [1.82, 2.24) is 20.4 Å². The number of halogens is 1. The van der Waals surface area contributed by atoms with Crippen molar-refractivity contribution in [2.75, 3.05) is 19.6 Å². The third-order valence-corrected chi connectivity index (χ3v) is 2.13. The molecule has 0 aliphatic heterocycles. The Kier molecular flexibility index (Phi) is 10.4. The van der Waals surface area contributed by atoms with Crippen molar-refractivity contribution >= 4 is 29.9 Å². The monoisotopic (exact) mass is 363 g/mol. The molecule has 0 aliphatic carbocycles. The van der Waals surface area contributed by atoms with Gasteiger partial charge in [0.25, 0.3) is 0 Å². The average Bonchev–Trinajstić information content (AvgIpc) is 2.84. The van der Waals surface area contributed by atoms with Crippen LogP contribution in [0.2, 0.25) is 0 Å². The number of nitrogens with zero attached hydrogens (tertiary/aromatic N) is 3. The molecule has 0 fully saturated rings. The molecule has 0 spiro atoms. The summed E-state index contributed by atoms with van der Waals surface area (Å²) < 4.78 is 1.92. The Hall–Kier alpha value is -1.05. The molecule has 0 aliphatic rings. The zero-order valence-corrected chi connectivity index (χ0v) is 13.1. The number of guanidine groups is 1. The van der Waals surface area contributed by atoms with Gasteiger partial charge in [0.05, 0.1) is 0 Å². The summed E-state index contributed by atoms with van der Waals surface area (Å²) in [4.78, 5) is 4.46. The fourth-order valence-electron chi connectivity index (χ4n) is 1.37. The Labute approximate surface area is 126 Å². The summed E-state index contributed by atoms with van der Waals surface area (Å²) in [6.07, 6.45) is 6.55. The number of aromatic nitrogens is 2. The second-order valence-electron chi connectivity index (χ2n) is 3.55. The summed E-state index contributed by atoms with van der Waals surface area (Å²) in [6.45, 7) is 8.99. The predicted octanol–water partition coefficient (Wildman–Crippen LogP) is 1.63. The normalized spacial score (nSPS) is 10.6. The van der Waals surface area contributed by atoms with Crippen LogP contribution in [0, 0.1) is 0 Å². The standard InChI is InChI=1S/C12H21N5.HI/c1-3-7-14-12(13-4-2)15-8-5-10-17-11-6-9-16-17;/h3,6,9,11H,1,4-5,7-8,10H2,2H3,(H2,13,14,15);1H. The van der Waals surface area contributed by atoms with E-state index >= 15 is 0 Å². The number of hydrogen-bond donors (Lipinski definition) is 2. The van der Waals surface area contributed by atoms with Gasteiger partial charge in [-0.1, -0.05) is 6.08 Å². The van der Waals surface area contributed by atoms with Crippen LogP contribution in [-0.2, 0) is 6.54 Å². The summed E-state index contributed by atoms with van der Waals surface area (Å²) in [7, 11) is 0. The van der Waals surface area contributed by atoms with Crippen molar-refractivity contribution in [2.45, 2.75) is 19.9 Å². The topological polar surface area (TPSA) is 54.2 Å². The lowest BCUT2D eigenvalue weighted by Crippen LogP contribution is -2.37. The molecule has 0 unspecified atom stereocenters. The van der Waals surface area contributed by atoms with Gasteiger partial charge in [0.2, 0.25) is 0 Å². The minimum absolute atomic E-state index is 0. The van der Waals surface area contributed by atoms with Gasteiger partial charge in [-0.3, -0.25) is 9.67 Å². The van der Waals surface area contributed by atoms with Gasteiger partial charge in [0.15, 0.2) is 5.96 Å². The van der Waals surface area contributed by atoms with Gasteiger partial charge in [0, 0.05) is 38.6 Å². The van der Waals surface area contributed by atoms with Crippen molar-refractivity contribution in [1.29, 1.82) is 0 Å². The smallest absolute Gasteiger partial charge is 0.191 e. The minimum atomic E-state index is 0. The van der Waals surface area contributed by atoms with E-state index in [9.17, 15) is 0 Å². The first kappa shape index (κ1) is 16.9. The molecule has 1 rings (SSSR count). The van der Waals surface area contributed by atoms with Crippen molar-refractivity contribution in [3.05, 3.63) is 31.1 Å². The number of aliphatic imine (C=N–C) groups is 1. The summed E-state index contributed by atoms with van der Waals surface area (Å²) in [5.41, 5.74) is 0. The lowest BCUT2D eigenvalue weighted by Gasteiger charge is -2.09. The van der Waals surface area contributed by atoms with Crippen LogP contribution in [0.1, 0.15) is 13.3 Å². The first-order valence-corrected chi connectivity index (χ1v) is 5.97. The first-order valence-electron chi connectivity index (χ1n) is 5.97. The highest BCUT2D eigenvalue weighted by atomic mass is 127. The lowest BCUT2D eigenvalue weighted by molar-refractivity contribution is 0.584. The van der Waals surface area contributed by atoms with Crippen LogP contribution >= 0.6 is 24.0 Å². The van der Waals surface area contributed by atoms with Gasteiger partial charge in [-0.25, -0.2) is 0 Å². The summed E-state index contributed by atoms with van der Waals surface area (Å²) >= 11 is 0. The van der Waals surface area contributed by atoms with E-state index < -0.39 is 0 Å². The Morgan fingerprint density at radius 3 is 2.94 bits per heavy atom. The van der Waals surface area contributed by atoms with Gasteiger partial charge in [-0.2, -0.15) is 5.10 Å². The van der Waals surface area contributed by atoms with Crippen LogP contribution in [0.5, 0.6) is 0 Å². The average molecular weight is 363 g/mol. The van der Waals surface area contributed by atoms with Gasteiger partial charge in [0.1, 0.15) is 0 Å². The third kappa shape index (κ3) is 7.31. The Morgan fingerprint density at radius 1 is 1.50 bits per heavy atom. The fraction of sp³-hybridized carbons (Fsp3) is 0.500. The molecule has 6 heteroatoms. The second kappa shape index (κ2) is 11.1. The largest absolute Gasteiger partial charge is 0.357 e. The highest BCUT2D eigenvalue weighted by molar-refractivity contribution is 14.0. The highest BCUT2D eigenvalue weighted by Gasteiger charge is 1.94. The molecule has 5 nitrogen and oxygen atoms in total. The molecule has 18 heavy (non-hydrogen) atoms. The van der Waals surface area contributed by atoms with E-state index in [4.69, 9.17) is 0 Å². The Morgan fingerprint density at radius 2 is 2.33 bits per heavy atom. The third-order valence-electron chi connectivity index (χ3n) is 2.13. The molecule has 1 aromatic heterocycles. The van der Waals surface area contributed by atoms with E-state index in [1.165, 1.54) is 0 Å². The van der Waals surface area contributed by atoms with Gasteiger partial charge in [-0.15, -0.1) is 30.6 Å². The van der Waals surface area contributed by atoms with Crippen LogP contribution in [-0.4, -0.2) is 35.4 Å². The maximum Gasteiger partial charge on any atom is 0.191 e. The lowest BCUT2D eigenvalue weighted by atomic mass is 10.4. The van der Waals surface area contributed by atoms with Crippen molar-refractivity contribution in [3.8, 4) is 0 Å². The van der Waals surface area contributed by atoms with Gasteiger partial charge < -0.3 is 10.6 Å². The number of rotatable bonds is 7. The highest BCUT2D eigenvalue weighted by Crippen LogP contribution is 1.90. The van der Waals surface area contributed by atoms with Crippen molar-refractivity contribution < 1.29 is 0 Å². The number of nitrogens with one attached hydrogen (secondary N) is 2. The van der Waals surface area contributed by atoms with E-state index in [-0.39, 0.29) is 24.0 Å². The Bertz CT molecular complexity index is 334. The molecule has 2 N–H and O–H groups in total. The van der Waals surface area contributed by atoms with E-state index in [2.05, 4.69) is 34.2 Å². The SMILES string of the molecule is C=CCNC(=NCCCn1cccn1)NCC.I. The van der Waals surface area contributed by atoms with E-state index in [1.807, 2.05) is 23.0 Å². The fourth-order valence-corrected chi connectivity index (χ4v) is 1.37.